The molecule has 1 N–H and O–H groups in total. The summed E-state index contributed by atoms with van der Waals surface area (Å²) in [6.45, 7) is 4.56. The van der Waals surface area contributed by atoms with E-state index in [1.807, 2.05) is 30.1 Å². The molecule has 1 heterocycles. The number of nitrogens with one attached hydrogen (secondary N) is 1. The van der Waals surface area contributed by atoms with Gasteiger partial charge in [0, 0.05) is 24.6 Å². The van der Waals surface area contributed by atoms with Crippen molar-refractivity contribution in [3.63, 3.8) is 0 Å². The highest BCUT2D eigenvalue weighted by Gasteiger charge is 2.31. The van der Waals surface area contributed by atoms with E-state index in [9.17, 15) is 4.79 Å². The van der Waals surface area contributed by atoms with Gasteiger partial charge in [-0.2, -0.15) is 0 Å². The lowest BCUT2D eigenvalue weighted by atomic mass is 9.96. The van der Waals surface area contributed by atoms with Crippen LogP contribution >= 0.6 is 15.9 Å². The van der Waals surface area contributed by atoms with Crippen LogP contribution in [0, 0.1) is 11.8 Å². The molecule has 1 aliphatic rings. The number of halogens is 1. The molecule has 1 amide bonds. The molecule has 0 aromatic heterocycles. The molecule has 98 valence electrons. The zero-order valence-electron chi connectivity index (χ0n) is 10.8. The van der Waals surface area contributed by atoms with Crippen molar-refractivity contribution in [3.05, 3.63) is 34.3 Å². The Hall–Kier alpha value is -0.870. The zero-order chi connectivity index (χ0) is 13.1. The van der Waals surface area contributed by atoms with Crippen molar-refractivity contribution in [2.24, 2.45) is 11.8 Å². The van der Waals surface area contributed by atoms with Gasteiger partial charge in [-0.05, 0) is 30.2 Å². The van der Waals surface area contributed by atoms with Gasteiger partial charge in [0.1, 0.15) is 0 Å². The van der Waals surface area contributed by atoms with E-state index in [0.29, 0.717) is 12.5 Å². The first-order valence-corrected chi connectivity index (χ1v) is 7.07. The minimum atomic E-state index is 0.127. The smallest absolute Gasteiger partial charge is 0.227 e. The molecule has 0 spiro atoms. The second-order valence-electron chi connectivity index (χ2n) is 5.07. The van der Waals surface area contributed by atoms with Crippen LogP contribution in [0.25, 0.3) is 0 Å². The molecule has 4 heteroatoms. The van der Waals surface area contributed by atoms with E-state index in [-0.39, 0.29) is 11.8 Å². The number of hydrogen-bond donors (Lipinski definition) is 1. The van der Waals surface area contributed by atoms with Gasteiger partial charge >= 0.3 is 0 Å². The molecule has 1 aromatic rings. The van der Waals surface area contributed by atoms with Crippen LogP contribution < -0.4 is 5.32 Å². The van der Waals surface area contributed by atoms with Crippen LogP contribution in [0.15, 0.2) is 28.7 Å². The predicted molar refractivity (Wildman–Crippen MR) is 76.1 cm³/mol. The average molecular weight is 311 g/mol. The molecule has 0 bridgehead atoms. The molecule has 0 radical (unpaired) electrons. The van der Waals surface area contributed by atoms with Crippen molar-refractivity contribution in [2.75, 3.05) is 20.1 Å². The molecule has 1 aromatic carbocycles. The topological polar surface area (TPSA) is 32.3 Å². The summed E-state index contributed by atoms with van der Waals surface area (Å²) >= 11 is 3.45. The molecular weight excluding hydrogens is 292 g/mol. The van der Waals surface area contributed by atoms with Gasteiger partial charge in [0.05, 0.1) is 5.92 Å². The lowest BCUT2D eigenvalue weighted by Crippen LogP contribution is -2.35. The molecule has 18 heavy (non-hydrogen) atoms. The SMILES string of the molecule is C[C@@H]1CNC[C@H]1C(=O)N(C)Cc1cccc(Br)c1. The van der Waals surface area contributed by atoms with Crippen molar-refractivity contribution in [1.29, 1.82) is 0 Å². The van der Waals surface area contributed by atoms with E-state index in [1.54, 1.807) is 0 Å². The molecule has 1 fully saturated rings. The molecule has 0 unspecified atom stereocenters. The van der Waals surface area contributed by atoms with E-state index in [0.717, 1.165) is 23.1 Å². The predicted octanol–water partition coefficient (Wildman–Crippen LogP) is 2.26. The number of amides is 1. The van der Waals surface area contributed by atoms with Gasteiger partial charge in [-0.3, -0.25) is 4.79 Å². The lowest BCUT2D eigenvalue weighted by Gasteiger charge is -2.23. The first-order chi connectivity index (χ1) is 8.58. The summed E-state index contributed by atoms with van der Waals surface area (Å²) in [7, 11) is 1.88. The van der Waals surface area contributed by atoms with Gasteiger partial charge in [-0.25, -0.2) is 0 Å². The Labute approximate surface area is 117 Å². The van der Waals surface area contributed by atoms with Gasteiger partial charge in [0.25, 0.3) is 0 Å². The second kappa shape index (κ2) is 5.85. The van der Waals surface area contributed by atoms with Gasteiger partial charge in [0.15, 0.2) is 0 Å². The Bertz CT molecular complexity index is 436. The van der Waals surface area contributed by atoms with Gasteiger partial charge in [0.2, 0.25) is 5.91 Å². The third-order valence-corrected chi connectivity index (χ3v) is 4.01. The summed E-state index contributed by atoms with van der Waals surface area (Å²) in [6, 6.07) is 8.09. The number of carbonyl (C=O) groups is 1. The molecular formula is C14H19BrN2O. The van der Waals surface area contributed by atoms with Gasteiger partial charge < -0.3 is 10.2 Å². The number of benzene rings is 1. The minimum absolute atomic E-state index is 0.127. The maximum Gasteiger partial charge on any atom is 0.227 e. The standard InChI is InChI=1S/C14H19BrN2O/c1-10-7-16-8-13(10)14(18)17(2)9-11-4-3-5-12(15)6-11/h3-6,10,13,16H,7-9H2,1-2H3/t10-,13-/m1/s1. The van der Waals surface area contributed by atoms with Crippen molar-refractivity contribution in [1.82, 2.24) is 10.2 Å². The zero-order valence-corrected chi connectivity index (χ0v) is 12.4. The molecule has 3 nitrogen and oxygen atoms in total. The summed E-state index contributed by atoms with van der Waals surface area (Å²) in [4.78, 5) is 14.1. The summed E-state index contributed by atoms with van der Waals surface area (Å²) in [5.74, 6) is 0.803. The third kappa shape index (κ3) is 3.12. The fourth-order valence-corrected chi connectivity index (χ4v) is 2.86. The number of hydrogen-bond acceptors (Lipinski definition) is 2. The average Bonchev–Trinajstić information content (AvgIpc) is 2.74. The van der Waals surface area contributed by atoms with E-state index in [2.05, 4.69) is 34.2 Å². The van der Waals surface area contributed by atoms with Crippen LogP contribution in [-0.4, -0.2) is 30.9 Å². The summed E-state index contributed by atoms with van der Waals surface area (Å²) in [5, 5.41) is 3.28. The molecule has 1 aliphatic heterocycles. The van der Waals surface area contributed by atoms with Crippen molar-refractivity contribution in [2.45, 2.75) is 13.5 Å². The highest BCUT2D eigenvalue weighted by molar-refractivity contribution is 9.10. The van der Waals surface area contributed by atoms with Crippen LogP contribution in [-0.2, 0) is 11.3 Å². The second-order valence-corrected chi connectivity index (χ2v) is 5.98. The third-order valence-electron chi connectivity index (χ3n) is 3.52. The first kappa shape index (κ1) is 13.6. The number of nitrogens with zero attached hydrogens (tertiary/aromatic N) is 1. The Balaban J connectivity index is 1.99. The Morgan fingerprint density at radius 2 is 2.28 bits per heavy atom. The van der Waals surface area contributed by atoms with Crippen LogP contribution in [0.5, 0.6) is 0 Å². The lowest BCUT2D eigenvalue weighted by molar-refractivity contribution is -0.135. The Morgan fingerprint density at radius 3 is 2.89 bits per heavy atom. The Kier molecular flexibility index (Phi) is 4.40. The van der Waals surface area contributed by atoms with Crippen LogP contribution in [0.2, 0.25) is 0 Å². The molecule has 2 atom stereocenters. The fourth-order valence-electron chi connectivity index (χ4n) is 2.41. The Morgan fingerprint density at radius 1 is 1.50 bits per heavy atom. The van der Waals surface area contributed by atoms with E-state index >= 15 is 0 Å². The maximum atomic E-state index is 12.3. The maximum absolute atomic E-state index is 12.3. The monoisotopic (exact) mass is 310 g/mol. The van der Waals surface area contributed by atoms with Crippen LogP contribution in [0.3, 0.4) is 0 Å². The van der Waals surface area contributed by atoms with Gasteiger partial charge in [-0.1, -0.05) is 35.0 Å². The molecule has 1 saturated heterocycles. The van der Waals surface area contributed by atoms with Crippen molar-refractivity contribution < 1.29 is 4.79 Å². The summed E-state index contributed by atoms with van der Waals surface area (Å²) < 4.78 is 1.05. The minimum Gasteiger partial charge on any atom is -0.341 e. The fraction of sp³-hybridized carbons (Fsp3) is 0.500. The van der Waals surface area contributed by atoms with Crippen molar-refractivity contribution in [3.8, 4) is 0 Å². The van der Waals surface area contributed by atoms with Crippen LogP contribution in [0.1, 0.15) is 12.5 Å². The largest absolute Gasteiger partial charge is 0.341 e. The number of carbonyl (C=O) groups excluding carboxylic acids is 1. The first-order valence-electron chi connectivity index (χ1n) is 6.28. The molecule has 0 aliphatic carbocycles. The normalized spacial score (nSPS) is 23.1. The quantitative estimate of drug-likeness (QED) is 0.929. The summed E-state index contributed by atoms with van der Waals surface area (Å²) in [6.07, 6.45) is 0. The van der Waals surface area contributed by atoms with E-state index in [1.165, 1.54) is 0 Å². The summed E-state index contributed by atoms with van der Waals surface area (Å²) in [5.41, 5.74) is 1.15. The van der Waals surface area contributed by atoms with E-state index < -0.39 is 0 Å². The molecule has 2 rings (SSSR count). The van der Waals surface area contributed by atoms with E-state index in [4.69, 9.17) is 0 Å². The van der Waals surface area contributed by atoms with Gasteiger partial charge in [-0.15, -0.1) is 0 Å². The van der Waals surface area contributed by atoms with Crippen LogP contribution in [0.4, 0.5) is 0 Å². The highest BCUT2D eigenvalue weighted by atomic mass is 79.9. The number of rotatable bonds is 3. The molecule has 0 saturated carbocycles. The van der Waals surface area contributed by atoms with Crippen molar-refractivity contribution >= 4 is 21.8 Å². The highest BCUT2D eigenvalue weighted by Crippen LogP contribution is 2.19.